The summed E-state index contributed by atoms with van der Waals surface area (Å²) in [5.74, 6) is 0.128. The van der Waals surface area contributed by atoms with Crippen LogP contribution in [0.5, 0.6) is 5.75 Å². The monoisotopic (exact) mass is 175 g/mol. The molecule has 0 amide bonds. The fourth-order valence-electron chi connectivity index (χ4n) is 1.43. The molecule has 1 aromatic rings. The molecule has 0 saturated carbocycles. The predicted molar refractivity (Wildman–Crippen MR) is 51.8 cm³/mol. The summed E-state index contributed by atoms with van der Waals surface area (Å²) in [6, 6.07) is 2.02. The number of nitrogens with zero attached hydrogens (tertiary/aromatic N) is 1. The smallest absolute Gasteiger partial charge is 0.136 e. The highest BCUT2D eigenvalue weighted by atomic mass is 16.3. The van der Waals surface area contributed by atoms with Gasteiger partial charge in [0, 0.05) is 0 Å². The zero-order chi connectivity index (χ0) is 10.2. The standard InChI is InChI=1S/C11H13NO/c1-6-7(2)9(4)11(13)10(5-12)8(6)3/h13H,1-4H3. The Hall–Kier alpha value is -1.49. The summed E-state index contributed by atoms with van der Waals surface area (Å²) in [4.78, 5) is 0. The van der Waals surface area contributed by atoms with Crippen molar-refractivity contribution in [1.82, 2.24) is 0 Å². The van der Waals surface area contributed by atoms with Gasteiger partial charge >= 0.3 is 0 Å². The Bertz CT molecular complexity index is 371. The normalized spacial score (nSPS) is 9.77. The number of hydrogen-bond acceptors (Lipinski definition) is 2. The Morgan fingerprint density at radius 3 is 1.85 bits per heavy atom. The lowest BCUT2D eigenvalue weighted by Gasteiger charge is -2.12. The van der Waals surface area contributed by atoms with Crippen molar-refractivity contribution in [3.8, 4) is 11.8 Å². The summed E-state index contributed by atoms with van der Waals surface area (Å²) < 4.78 is 0. The van der Waals surface area contributed by atoms with Crippen molar-refractivity contribution in [2.45, 2.75) is 27.7 Å². The third-order valence-corrected chi connectivity index (χ3v) is 2.77. The van der Waals surface area contributed by atoms with E-state index in [0.717, 1.165) is 22.3 Å². The molecule has 0 aromatic heterocycles. The van der Waals surface area contributed by atoms with E-state index in [9.17, 15) is 5.11 Å². The van der Waals surface area contributed by atoms with Gasteiger partial charge in [-0.15, -0.1) is 0 Å². The van der Waals surface area contributed by atoms with E-state index < -0.39 is 0 Å². The Kier molecular flexibility index (Phi) is 2.29. The summed E-state index contributed by atoms with van der Waals surface area (Å²) in [5, 5.41) is 18.5. The first-order valence-electron chi connectivity index (χ1n) is 4.20. The van der Waals surface area contributed by atoms with Crippen molar-refractivity contribution in [2.24, 2.45) is 0 Å². The number of phenolic OH excluding ortho intramolecular Hbond substituents is 1. The van der Waals surface area contributed by atoms with Gasteiger partial charge in [0.25, 0.3) is 0 Å². The Morgan fingerprint density at radius 2 is 1.38 bits per heavy atom. The number of benzene rings is 1. The van der Waals surface area contributed by atoms with E-state index in [1.165, 1.54) is 0 Å². The molecule has 0 bridgehead atoms. The van der Waals surface area contributed by atoms with Crippen molar-refractivity contribution in [1.29, 1.82) is 5.26 Å². The van der Waals surface area contributed by atoms with E-state index in [-0.39, 0.29) is 5.75 Å². The Balaban J connectivity index is 3.69. The van der Waals surface area contributed by atoms with Gasteiger partial charge in [-0.05, 0) is 49.9 Å². The van der Waals surface area contributed by atoms with Crippen LogP contribution >= 0.6 is 0 Å². The first kappa shape index (κ1) is 9.60. The summed E-state index contributed by atoms with van der Waals surface area (Å²) in [5.41, 5.74) is 4.24. The van der Waals surface area contributed by atoms with Gasteiger partial charge < -0.3 is 5.11 Å². The molecule has 0 aliphatic heterocycles. The molecule has 1 aromatic carbocycles. The molecular weight excluding hydrogens is 162 g/mol. The molecule has 0 atom stereocenters. The van der Waals surface area contributed by atoms with Gasteiger partial charge in [-0.2, -0.15) is 5.26 Å². The van der Waals surface area contributed by atoms with Gasteiger partial charge in [0.15, 0.2) is 0 Å². The molecule has 0 aliphatic carbocycles. The lowest BCUT2D eigenvalue weighted by molar-refractivity contribution is 0.468. The number of phenols is 1. The highest BCUT2D eigenvalue weighted by Crippen LogP contribution is 2.30. The minimum absolute atomic E-state index is 0.128. The third kappa shape index (κ3) is 1.27. The molecule has 2 heteroatoms. The largest absolute Gasteiger partial charge is 0.506 e. The predicted octanol–water partition coefficient (Wildman–Crippen LogP) is 2.50. The van der Waals surface area contributed by atoms with Gasteiger partial charge in [-0.25, -0.2) is 0 Å². The summed E-state index contributed by atoms with van der Waals surface area (Å²) in [6.45, 7) is 7.62. The molecule has 13 heavy (non-hydrogen) atoms. The quantitative estimate of drug-likeness (QED) is 0.658. The highest BCUT2D eigenvalue weighted by molar-refractivity contribution is 5.58. The van der Waals surface area contributed by atoms with Crippen LogP contribution in [0.1, 0.15) is 27.8 Å². The second-order valence-corrected chi connectivity index (χ2v) is 3.34. The van der Waals surface area contributed by atoms with Crippen LogP contribution in [0, 0.1) is 39.0 Å². The Morgan fingerprint density at radius 1 is 0.923 bits per heavy atom. The lowest BCUT2D eigenvalue weighted by atomic mass is 9.94. The summed E-state index contributed by atoms with van der Waals surface area (Å²) >= 11 is 0. The van der Waals surface area contributed by atoms with Crippen LogP contribution in [0.25, 0.3) is 0 Å². The number of hydrogen-bond donors (Lipinski definition) is 1. The maximum Gasteiger partial charge on any atom is 0.136 e. The topological polar surface area (TPSA) is 44.0 Å². The zero-order valence-corrected chi connectivity index (χ0v) is 8.39. The second kappa shape index (κ2) is 3.10. The maximum atomic E-state index is 9.66. The number of nitriles is 1. The van der Waals surface area contributed by atoms with Crippen LogP contribution in [0.4, 0.5) is 0 Å². The van der Waals surface area contributed by atoms with Gasteiger partial charge in [0.2, 0.25) is 0 Å². The van der Waals surface area contributed by atoms with Gasteiger partial charge in [-0.1, -0.05) is 0 Å². The molecule has 2 nitrogen and oxygen atoms in total. The van der Waals surface area contributed by atoms with Crippen LogP contribution in [-0.4, -0.2) is 5.11 Å². The third-order valence-electron chi connectivity index (χ3n) is 2.77. The molecule has 0 radical (unpaired) electrons. The van der Waals surface area contributed by atoms with Crippen LogP contribution < -0.4 is 0 Å². The fourth-order valence-corrected chi connectivity index (χ4v) is 1.43. The maximum absolute atomic E-state index is 9.66. The van der Waals surface area contributed by atoms with Crippen LogP contribution in [0.15, 0.2) is 0 Å². The molecule has 1 N–H and O–H groups in total. The molecule has 0 saturated heterocycles. The van der Waals surface area contributed by atoms with E-state index in [1.807, 2.05) is 33.8 Å². The van der Waals surface area contributed by atoms with Crippen molar-refractivity contribution in [3.63, 3.8) is 0 Å². The minimum atomic E-state index is 0.128. The molecule has 0 aliphatic rings. The molecule has 0 heterocycles. The Labute approximate surface area is 78.4 Å². The fraction of sp³-hybridized carbons (Fsp3) is 0.364. The lowest BCUT2D eigenvalue weighted by Crippen LogP contribution is -1.96. The van der Waals surface area contributed by atoms with Crippen molar-refractivity contribution in [3.05, 3.63) is 27.8 Å². The second-order valence-electron chi connectivity index (χ2n) is 3.34. The van der Waals surface area contributed by atoms with E-state index >= 15 is 0 Å². The number of rotatable bonds is 0. The van der Waals surface area contributed by atoms with Crippen molar-refractivity contribution >= 4 is 0 Å². The molecule has 0 fully saturated rings. The van der Waals surface area contributed by atoms with E-state index in [2.05, 4.69) is 0 Å². The van der Waals surface area contributed by atoms with Crippen molar-refractivity contribution in [2.75, 3.05) is 0 Å². The minimum Gasteiger partial charge on any atom is -0.506 e. The summed E-state index contributed by atoms with van der Waals surface area (Å²) in [7, 11) is 0. The van der Waals surface area contributed by atoms with Gasteiger partial charge in [0.05, 0.1) is 5.56 Å². The molecular formula is C11H13NO. The van der Waals surface area contributed by atoms with E-state index in [1.54, 1.807) is 0 Å². The average molecular weight is 175 g/mol. The zero-order valence-electron chi connectivity index (χ0n) is 8.39. The first-order chi connectivity index (χ1) is 6.00. The number of aromatic hydroxyl groups is 1. The van der Waals surface area contributed by atoms with Crippen LogP contribution in [0.3, 0.4) is 0 Å². The molecule has 0 spiro atoms. The van der Waals surface area contributed by atoms with Crippen molar-refractivity contribution < 1.29 is 5.11 Å². The van der Waals surface area contributed by atoms with Gasteiger partial charge in [-0.3, -0.25) is 0 Å². The van der Waals surface area contributed by atoms with Crippen LogP contribution in [-0.2, 0) is 0 Å². The molecule has 68 valence electrons. The highest BCUT2D eigenvalue weighted by Gasteiger charge is 2.13. The van der Waals surface area contributed by atoms with E-state index in [4.69, 9.17) is 5.26 Å². The average Bonchev–Trinajstić information content (AvgIpc) is 2.13. The summed E-state index contributed by atoms with van der Waals surface area (Å²) in [6.07, 6.45) is 0. The first-order valence-corrected chi connectivity index (χ1v) is 4.20. The molecule has 0 unspecified atom stereocenters. The van der Waals surface area contributed by atoms with E-state index in [0.29, 0.717) is 5.56 Å². The SMILES string of the molecule is Cc1c(C)c(C)c(C#N)c(O)c1C. The molecule has 1 rings (SSSR count). The van der Waals surface area contributed by atoms with Crippen LogP contribution in [0.2, 0.25) is 0 Å². The van der Waals surface area contributed by atoms with Gasteiger partial charge in [0.1, 0.15) is 11.8 Å².